The number of nitrogens with one attached hydrogen (secondary N) is 2. The molecule has 0 aliphatic rings. The Bertz CT molecular complexity index is 496. The van der Waals surface area contributed by atoms with Crippen LogP contribution in [0.3, 0.4) is 0 Å². The largest absolute Gasteiger partial charge is 0.478 e. The highest BCUT2D eigenvalue weighted by atomic mass is 32.2. The van der Waals surface area contributed by atoms with Gasteiger partial charge in [0.2, 0.25) is 0 Å². The number of nitrogens with zero attached hydrogens (tertiary/aromatic N) is 1. The molecule has 1 aromatic rings. The van der Waals surface area contributed by atoms with Gasteiger partial charge >= 0.3 is 5.97 Å². The van der Waals surface area contributed by atoms with Gasteiger partial charge in [-0.05, 0) is 19.3 Å². The molecular formula is C9H15N3O5S. The van der Waals surface area contributed by atoms with Gasteiger partial charge in [0.1, 0.15) is 5.56 Å². The molecule has 0 amide bonds. The number of carboxylic acids is 1. The van der Waals surface area contributed by atoms with Gasteiger partial charge < -0.3 is 10.2 Å². The van der Waals surface area contributed by atoms with Gasteiger partial charge in [-0.3, -0.25) is 5.10 Å². The maximum absolute atomic E-state index is 11.8. The SMILES string of the molecule is O=C(O)c1cn[nH]c1S(=O)(=O)NCCCCCO. The van der Waals surface area contributed by atoms with Crippen LogP contribution in [0.25, 0.3) is 0 Å². The van der Waals surface area contributed by atoms with E-state index in [1.807, 2.05) is 0 Å². The van der Waals surface area contributed by atoms with Crippen LogP contribution >= 0.6 is 0 Å². The van der Waals surface area contributed by atoms with Crippen molar-refractivity contribution in [3.8, 4) is 0 Å². The van der Waals surface area contributed by atoms with E-state index in [1.54, 1.807) is 0 Å². The molecule has 1 rings (SSSR count). The molecule has 4 N–H and O–H groups in total. The number of aromatic carboxylic acids is 1. The van der Waals surface area contributed by atoms with Crippen LogP contribution < -0.4 is 4.72 Å². The lowest BCUT2D eigenvalue weighted by Gasteiger charge is -2.05. The minimum absolute atomic E-state index is 0.0659. The van der Waals surface area contributed by atoms with Gasteiger partial charge in [0.25, 0.3) is 10.0 Å². The molecule has 0 aromatic carbocycles. The Morgan fingerprint density at radius 2 is 2.11 bits per heavy atom. The minimum atomic E-state index is -3.89. The number of aliphatic hydroxyl groups is 1. The number of carboxylic acid groups (broad SMARTS) is 1. The highest BCUT2D eigenvalue weighted by Crippen LogP contribution is 2.11. The molecule has 0 bridgehead atoms. The van der Waals surface area contributed by atoms with Gasteiger partial charge in [0.05, 0.1) is 6.20 Å². The van der Waals surface area contributed by atoms with Crippen molar-refractivity contribution in [2.45, 2.75) is 24.3 Å². The fourth-order valence-electron chi connectivity index (χ4n) is 1.32. The van der Waals surface area contributed by atoms with E-state index in [9.17, 15) is 13.2 Å². The van der Waals surface area contributed by atoms with E-state index in [0.29, 0.717) is 19.3 Å². The Balaban J connectivity index is 2.63. The number of sulfonamides is 1. The average molecular weight is 277 g/mol. The lowest BCUT2D eigenvalue weighted by atomic mass is 10.2. The highest BCUT2D eigenvalue weighted by Gasteiger charge is 2.24. The van der Waals surface area contributed by atoms with Gasteiger partial charge in [-0.1, -0.05) is 0 Å². The summed E-state index contributed by atoms with van der Waals surface area (Å²) in [7, 11) is -3.89. The lowest BCUT2D eigenvalue weighted by molar-refractivity contribution is 0.0692. The van der Waals surface area contributed by atoms with Crippen molar-refractivity contribution in [3.63, 3.8) is 0 Å². The van der Waals surface area contributed by atoms with Crippen LogP contribution in [-0.4, -0.2) is 47.9 Å². The molecule has 0 aliphatic heterocycles. The molecule has 0 atom stereocenters. The zero-order valence-electron chi connectivity index (χ0n) is 9.59. The van der Waals surface area contributed by atoms with Crippen LogP contribution in [0.1, 0.15) is 29.6 Å². The van der Waals surface area contributed by atoms with Crippen molar-refractivity contribution in [1.82, 2.24) is 14.9 Å². The predicted molar refractivity (Wildman–Crippen MR) is 61.7 cm³/mol. The second-order valence-corrected chi connectivity index (χ2v) is 5.30. The normalized spacial score (nSPS) is 11.6. The van der Waals surface area contributed by atoms with Crippen LogP contribution in [0.5, 0.6) is 0 Å². The molecule has 9 heteroatoms. The second kappa shape index (κ2) is 6.47. The van der Waals surface area contributed by atoms with E-state index in [-0.39, 0.29) is 13.2 Å². The monoisotopic (exact) mass is 277 g/mol. The summed E-state index contributed by atoms with van der Waals surface area (Å²) in [5, 5.41) is 22.5. The summed E-state index contributed by atoms with van der Waals surface area (Å²) < 4.78 is 25.8. The third-order valence-electron chi connectivity index (χ3n) is 2.23. The maximum atomic E-state index is 11.8. The first-order valence-corrected chi connectivity index (χ1v) is 6.84. The molecule has 1 heterocycles. The van der Waals surface area contributed by atoms with E-state index >= 15 is 0 Å². The summed E-state index contributed by atoms with van der Waals surface area (Å²) in [5.74, 6) is -1.36. The van der Waals surface area contributed by atoms with Gasteiger partial charge in [-0.2, -0.15) is 5.10 Å². The van der Waals surface area contributed by atoms with Crippen molar-refractivity contribution in [2.75, 3.05) is 13.2 Å². The molecular weight excluding hydrogens is 262 g/mol. The fraction of sp³-hybridized carbons (Fsp3) is 0.556. The molecule has 0 saturated carbocycles. The first-order chi connectivity index (χ1) is 8.49. The number of aromatic amines is 1. The standard InChI is InChI=1S/C9H15N3O5S/c13-5-3-1-2-4-11-18(16,17)8-7(9(14)15)6-10-12-8/h6,11,13H,1-5H2,(H,10,12)(H,14,15). The zero-order valence-corrected chi connectivity index (χ0v) is 10.4. The third kappa shape index (κ3) is 3.79. The molecule has 0 fully saturated rings. The van der Waals surface area contributed by atoms with E-state index in [4.69, 9.17) is 10.2 Å². The summed E-state index contributed by atoms with van der Waals surface area (Å²) in [6.45, 7) is 0.247. The lowest BCUT2D eigenvalue weighted by Crippen LogP contribution is -2.26. The zero-order chi connectivity index (χ0) is 13.6. The van der Waals surface area contributed by atoms with E-state index < -0.39 is 26.6 Å². The number of rotatable bonds is 8. The molecule has 8 nitrogen and oxygen atoms in total. The van der Waals surface area contributed by atoms with Crippen molar-refractivity contribution < 1.29 is 23.4 Å². The minimum Gasteiger partial charge on any atom is -0.478 e. The average Bonchev–Trinajstić information content (AvgIpc) is 2.78. The molecule has 0 radical (unpaired) electrons. The van der Waals surface area contributed by atoms with E-state index in [0.717, 1.165) is 6.20 Å². The fourth-order valence-corrected chi connectivity index (χ4v) is 2.48. The van der Waals surface area contributed by atoms with Crippen LogP contribution in [0, 0.1) is 0 Å². The molecule has 0 unspecified atom stereocenters. The molecule has 0 aliphatic carbocycles. The summed E-state index contributed by atoms with van der Waals surface area (Å²) in [5.41, 5.74) is -0.391. The van der Waals surface area contributed by atoms with Crippen LogP contribution in [-0.2, 0) is 10.0 Å². The third-order valence-corrected chi connectivity index (χ3v) is 3.66. The molecule has 0 spiro atoms. The van der Waals surface area contributed by atoms with Crippen LogP contribution in [0.15, 0.2) is 11.2 Å². The maximum Gasteiger partial charge on any atom is 0.340 e. The Morgan fingerprint density at radius 3 is 2.72 bits per heavy atom. The Hall–Kier alpha value is -1.45. The van der Waals surface area contributed by atoms with Crippen LogP contribution in [0.4, 0.5) is 0 Å². The van der Waals surface area contributed by atoms with Crippen molar-refractivity contribution in [2.24, 2.45) is 0 Å². The number of hydrogen-bond donors (Lipinski definition) is 4. The highest BCUT2D eigenvalue weighted by molar-refractivity contribution is 7.89. The molecule has 102 valence electrons. The summed E-state index contributed by atoms with van der Waals surface area (Å²) in [6, 6.07) is 0. The van der Waals surface area contributed by atoms with E-state index in [2.05, 4.69) is 14.9 Å². The van der Waals surface area contributed by atoms with Crippen molar-refractivity contribution in [1.29, 1.82) is 0 Å². The second-order valence-electron chi connectivity index (χ2n) is 3.60. The Labute approximate surface area is 104 Å². The molecule has 1 aromatic heterocycles. The predicted octanol–water partition coefficient (Wildman–Crippen LogP) is -0.451. The number of aliphatic hydroxyl groups excluding tert-OH is 1. The Morgan fingerprint density at radius 1 is 1.39 bits per heavy atom. The number of hydrogen-bond acceptors (Lipinski definition) is 5. The van der Waals surface area contributed by atoms with Gasteiger partial charge in [0.15, 0.2) is 5.03 Å². The number of carbonyl (C=O) groups is 1. The van der Waals surface area contributed by atoms with Crippen molar-refractivity contribution >= 4 is 16.0 Å². The molecule has 0 saturated heterocycles. The quantitative estimate of drug-likeness (QED) is 0.476. The first-order valence-electron chi connectivity index (χ1n) is 5.36. The summed E-state index contributed by atoms with van der Waals surface area (Å²) >= 11 is 0. The van der Waals surface area contributed by atoms with E-state index in [1.165, 1.54) is 0 Å². The summed E-state index contributed by atoms with van der Waals surface area (Å²) in [6.07, 6.45) is 2.80. The van der Waals surface area contributed by atoms with Gasteiger partial charge in [-0.25, -0.2) is 17.9 Å². The van der Waals surface area contributed by atoms with Crippen molar-refractivity contribution in [3.05, 3.63) is 11.8 Å². The molecule has 18 heavy (non-hydrogen) atoms. The smallest absolute Gasteiger partial charge is 0.340 e. The number of unbranched alkanes of at least 4 members (excludes halogenated alkanes) is 2. The van der Waals surface area contributed by atoms with Gasteiger partial charge in [0, 0.05) is 13.2 Å². The topological polar surface area (TPSA) is 132 Å². The number of H-pyrrole nitrogens is 1. The Kier molecular flexibility index (Phi) is 5.25. The van der Waals surface area contributed by atoms with Gasteiger partial charge in [-0.15, -0.1) is 0 Å². The summed E-state index contributed by atoms with van der Waals surface area (Å²) in [4.78, 5) is 10.8. The first kappa shape index (κ1) is 14.6. The number of aromatic nitrogens is 2. The van der Waals surface area contributed by atoms with Crippen LogP contribution in [0.2, 0.25) is 0 Å².